The van der Waals surface area contributed by atoms with E-state index in [-0.39, 0.29) is 18.0 Å². The molecular formula is C48H96N4O6S. The molecule has 1 atom stereocenters. The molecule has 0 saturated heterocycles. The van der Waals surface area contributed by atoms with Crippen LogP contribution in [0.15, 0.2) is 4.99 Å². The van der Waals surface area contributed by atoms with Crippen molar-refractivity contribution in [2.24, 2.45) is 4.99 Å². The molecule has 0 heterocycles. The van der Waals surface area contributed by atoms with Crippen molar-refractivity contribution in [3.63, 3.8) is 0 Å². The van der Waals surface area contributed by atoms with Crippen molar-refractivity contribution < 1.29 is 27.5 Å². The molecule has 0 aliphatic heterocycles. The Balaban J connectivity index is 4.62. The zero-order valence-electron chi connectivity index (χ0n) is 39.6. The molecule has 0 aliphatic carbocycles. The molecule has 0 aromatic heterocycles. The number of unbranched alkanes of at least 4 members (excludes halogenated alkanes) is 23. The maximum Gasteiger partial charge on any atom is 0.306 e. The van der Waals surface area contributed by atoms with Gasteiger partial charge >= 0.3 is 11.9 Å². The molecule has 350 valence electrons. The van der Waals surface area contributed by atoms with E-state index in [1.54, 1.807) is 19.0 Å². The van der Waals surface area contributed by atoms with E-state index in [2.05, 4.69) is 35.4 Å². The lowest BCUT2D eigenvalue weighted by Crippen LogP contribution is -2.39. The van der Waals surface area contributed by atoms with Crippen LogP contribution in [0.3, 0.4) is 0 Å². The van der Waals surface area contributed by atoms with Crippen LogP contribution in [0.4, 0.5) is 0 Å². The molecule has 0 aromatic rings. The summed E-state index contributed by atoms with van der Waals surface area (Å²) >= 11 is 0. The first-order valence-electron chi connectivity index (χ1n) is 24.8. The summed E-state index contributed by atoms with van der Waals surface area (Å²) in [4.78, 5) is 33.7. The maximum absolute atomic E-state index is 12.8. The van der Waals surface area contributed by atoms with Crippen molar-refractivity contribution in [3.05, 3.63) is 0 Å². The van der Waals surface area contributed by atoms with E-state index >= 15 is 0 Å². The number of sulfonamides is 1. The summed E-state index contributed by atoms with van der Waals surface area (Å²) in [6.07, 6.45) is 38.2. The number of hydrogen-bond acceptors (Lipinski definition) is 8. The standard InChI is InChI=1S/C48H96N4O6S/c1-7-10-13-16-18-27-34-44-57-46(53)38-30-23-19-25-32-41-52(43-35-40-49-48(51(4)5)50-59(6,55)56)42-33-26-20-24-31-39-47(54)58-45(36-28-21-15-12-9-3)37-29-22-17-14-11-8-2/h45H,7-44H2,1-6H3,(H,49,50). The van der Waals surface area contributed by atoms with Gasteiger partial charge in [0, 0.05) is 33.5 Å². The third-order valence-electron chi connectivity index (χ3n) is 11.1. The monoisotopic (exact) mass is 857 g/mol. The summed E-state index contributed by atoms with van der Waals surface area (Å²) in [7, 11) is 0.189. The second-order valence-electron chi connectivity index (χ2n) is 17.4. The highest BCUT2D eigenvalue weighted by atomic mass is 32.2. The van der Waals surface area contributed by atoms with Crippen molar-refractivity contribution in [1.82, 2.24) is 14.5 Å². The van der Waals surface area contributed by atoms with Crippen LogP contribution in [0.2, 0.25) is 0 Å². The maximum atomic E-state index is 12.8. The van der Waals surface area contributed by atoms with Gasteiger partial charge in [-0.3, -0.25) is 19.3 Å². The summed E-state index contributed by atoms with van der Waals surface area (Å²) in [6.45, 7) is 10.8. The summed E-state index contributed by atoms with van der Waals surface area (Å²) in [6, 6.07) is 0. The fourth-order valence-corrected chi connectivity index (χ4v) is 8.05. The molecule has 0 radical (unpaired) electrons. The minimum absolute atomic E-state index is 0.00808. The van der Waals surface area contributed by atoms with Gasteiger partial charge < -0.3 is 19.3 Å². The Morgan fingerprint density at radius 2 is 0.949 bits per heavy atom. The SMILES string of the molecule is CCCCCCCCCOC(=O)CCCCCCCN(CCCCCCCC(=O)OC(CCCCCCC)CCCCCCCC)CCCN=C(NS(C)(=O)=O)N(C)C. The average molecular weight is 857 g/mol. The number of nitrogens with one attached hydrogen (secondary N) is 1. The molecule has 0 bridgehead atoms. The van der Waals surface area contributed by atoms with Gasteiger partial charge in [-0.15, -0.1) is 0 Å². The lowest BCUT2D eigenvalue weighted by atomic mass is 10.0. The number of carbonyl (C=O) groups is 2. The predicted molar refractivity (Wildman–Crippen MR) is 251 cm³/mol. The summed E-state index contributed by atoms with van der Waals surface area (Å²) < 4.78 is 37.6. The van der Waals surface area contributed by atoms with E-state index in [9.17, 15) is 18.0 Å². The summed E-state index contributed by atoms with van der Waals surface area (Å²) in [5.74, 6) is 0.302. The van der Waals surface area contributed by atoms with Crippen LogP contribution < -0.4 is 4.72 Å². The van der Waals surface area contributed by atoms with E-state index in [1.165, 1.54) is 89.9 Å². The van der Waals surface area contributed by atoms with E-state index in [0.29, 0.717) is 32.0 Å². The molecule has 11 heteroatoms. The van der Waals surface area contributed by atoms with Crippen molar-refractivity contribution in [1.29, 1.82) is 0 Å². The highest BCUT2D eigenvalue weighted by molar-refractivity contribution is 7.89. The number of ether oxygens (including phenoxy) is 2. The minimum Gasteiger partial charge on any atom is -0.466 e. The Labute approximate surface area is 365 Å². The fourth-order valence-electron chi connectivity index (χ4n) is 7.47. The molecule has 0 saturated carbocycles. The average Bonchev–Trinajstić information content (AvgIpc) is 3.19. The fraction of sp³-hybridized carbons (Fsp3) is 0.938. The van der Waals surface area contributed by atoms with Gasteiger partial charge in [-0.1, -0.05) is 156 Å². The van der Waals surface area contributed by atoms with Crippen molar-refractivity contribution in [2.75, 3.05) is 53.1 Å². The van der Waals surface area contributed by atoms with Gasteiger partial charge in [0.05, 0.1) is 12.9 Å². The summed E-state index contributed by atoms with van der Waals surface area (Å²) in [5, 5.41) is 0. The predicted octanol–water partition coefficient (Wildman–Crippen LogP) is 12.1. The molecule has 0 aromatic carbocycles. The van der Waals surface area contributed by atoms with Crippen LogP contribution in [-0.4, -0.2) is 95.4 Å². The number of carbonyl (C=O) groups excluding carboxylic acids is 2. The molecule has 1 unspecified atom stereocenters. The van der Waals surface area contributed by atoms with Crippen LogP contribution in [0.5, 0.6) is 0 Å². The molecule has 0 amide bonds. The van der Waals surface area contributed by atoms with Crippen LogP contribution >= 0.6 is 0 Å². The van der Waals surface area contributed by atoms with Crippen molar-refractivity contribution in [3.8, 4) is 0 Å². The molecule has 10 nitrogen and oxygen atoms in total. The Morgan fingerprint density at radius 3 is 1.42 bits per heavy atom. The minimum atomic E-state index is -3.39. The van der Waals surface area contributed by atoms with E-state index in [1.807, 2.05) is 0 Å². The third kappa shape index (κ3) is 41.3. The number of esters is 2. The van der Waals surface area contributed by atoms with Gasteiger partial charge in [-0.25, -0.2) is 8.42 Å². The molecular weight excluding hydrogens is 761 g/mol. The zero-order valence-corrected chi connectivity index (χ0v) is 40.5. The Kier molecular flexibility index (Phi) is 40.1. The highest BCUT2D eigenvalue weighted by Gasteiger charge is 2.15. The van der Waals surface area contributed by atoms with Crippen LogP contribution in [0.25, 0.3) is 0 Å². The normalized spacial score (nSPS) is 12.6. The first-order valence-corrected chi connectivity index (χ1v) is 26.7. The Bertz CT molecular complexity index is 1100. The molecule has 1 N–H and O–H groups in total. The number of aliphatic imine (C=N–C) groups is 1. The van der Waals surface area contributed by atoms with E-state index in [0.717, 1.165) is 135 Å². The van der Waals surface area contributed by atoms with E-state index < -0.39 is 10.0 Å². The van der Waals surface area contributed by atoms with Gasteiger partial charge in [0.2, 0.25) is 16.0 Å². The zero-order chi connectivity index (χ0) is 43.7. The Hall–Kier alpha value is -1.88. The number of hydrogen-bond donors (Lipinski definition) is 1. The van der Waals surface area contributed by atoms with Crippen molar-refractivity contribution in [2.45, 2.75) is 239 Å². The molecule has 0 rings (SSSR count). The number of nitrogens with zero attached hydrogens (tertiary/aromatic N) is 3. The summed E-state index contributed by atoms with van der Waals surface area (Å²) in [5.41, 5.74) is 0. The van der Waals surface area contributed by atoms with Crippen LogP contribution in [0, 0.1) is 0 Å². The smallest absolute Gasteiger partial charge is 0.306 e. The number of guanidine groups is 1. The van der Waals surface area contributed by atoms with Gasteiger partial charge in [-0.05, 0) is 83.8 Å². The van der Waals surface area contributed by atoms with Crippen molar-refractivity contribution >= 4 is 27.9 Å². The van der Waals surface area contributed by atoms with Crippen LogP contribution in [-0.2, 0) is 29.1 Å². The quantitative estimate of drug-likeness (QED) is 0.0279. The van der Waals surface area contributed by atoms with Gasteiger partial charge in [-0.2, -0.15) is 0 Å². The van der Waals surface area contributed by atoms with Crippen LogP contribution in [0.1, 0.15) is 233 Å². The Morgan fingerprint density at radius 1 is 0.542 bits per heavy atom. The third-order valence-corrected chi connectivity index (χ3v) is 11.7. The van der Waals surface area contributed by atoms with E-state index in [4.69, 9.17) is 9.47 Å². The molecule has 0 aliphatic rings. The second kappa shape index (κ2) is 41.5. The van der Waals surface area contributed by atoms with Gasteiger partial charge in [0.25, 0.3) is 0 Å². The van der Waals surface area contributed by atoms with Gasteiger partial charge in [0.15, 0.2) is 0 Å². The second-order valence-corrected chi connectivity index (χ2v) is 19.2. The first kappa shape index (κ1) is 57.1. The molecule has 59 heavy (non-hydrogen) atoms. The van der Waals surface area contributed by atoms with Gasteiger partial charge in [0.1, 0.15) is 6.10 Å². The lowest BCUT2D eigenvalue weighted by Gasteiger charge is -2.22. The lowest BCUT2D eigenvalue weighted by molar-refractivity contribution is -0.150. The molecule has 0 fully saturated rings. The largest absolute Gasteiger partial charge is 0.466 e. The highest BCUT2D eigenvalue weighted by Crippen LogP contribution is 2.18. The first-order chi connectivity index (χ1) is 28.5. The topological polar surface area (TPSA) is 118 Å². The molecule has 0 spiro atoms. The number of rotatable bonds is 43.